The lowest BCUT2D eigenvalue weighted by Crippen LogP contribution is -2.03. The molecule has 0 saturated heterocycles. The number of fused-ring (bicyclic) bond motifs is 1. The van der Waals surface area contributed by atoms with Crippen LogP contribution < -0.4 is 16.5 Å². The van der Waals surface area contributed by atoms with Gasteiger partial charge < -0.3 is 11.1 Å². The summed E-state index contributed by atoms with van der Waals surface area (Å²) in [5.41, 5.74) is 9.60. The molecule has 19 heavy (non-hydrogen) atoms. The van der Waals surface area contributed by atoms with Crippen LogP contribution in [0.2, 0.25) is 0 Å². The quantitative estimate of drug-likeness (QED) is 0.528. The minimum absolute atomic E-state index is 0.703. The Hall–Kier alpha value is -2.56. The molecule has 3 rings (SSSR count). The van der Waals surface area contributed by atoms with Gasteiger partial charge in [0.1, 0.15) is 20.0 Å². The van der Waals surface area contributed by atoms with Crippen molar-refractivity contribution in [1.82, 2.24) is 9.97 Å². The van der Waals surface area contributed by atoms with Crippen molar-refractivity contribution in [3.8, 4) is 0 Å². The number of anilines is 3. The number of hydrogen-bond donors (Lipinski definition) is 2. The third-order valence-electron chi connectivity index (χ3n) is 2.94. The number of nitrogens with one attached hydrogen (secondary N) is 1. The third kappa shape index (κ3) is 2.35. The zero-order chi connectivity index (χ0) is 13.2. The van der Waals surface area contributed by atoms with Crippen molar-refractivity contribution in [2.45, 2.75) is 0 Å². The highest BCUT2D eigenvalue weighted by atomic mass is 15.0. The molecule has 2 aromatic carbocycles. The maximum atomic E-state index is 5.83. The van der Waals surface area contributed by atoms with Gasteiger partial charge in [0.25, 0.3) is 0 Å². The fourth-order valence-electron chi connectivity index (χ4n) is 2.03. The summed E-state index contributed by atoms with van der Waals surface area (Å²) < 4.78 is 0. The standard InChI is InChI=1S/C14H13BN4/c15-9-2-1-3-11(6-9)19-14-12-7-10(16)4-5-13(12)17-8-18-14/h1-8H,15-16H2,(H,17,18,19). The Kier molecular flexibility index (Phi) is 2.80. The lowest BCUT2D eigenvalue weighted by molar-refractivity contribution is 1.22. The Labute approximate surface area is 112 Å². The van der Waals surface area contributed by atoms with E-state index in [0.29, 0.717) is 5.69 Å². The summed E-state index contributed by atoms with van der Waals surface area (Å²) in [5.74, 6) is 0.767. The first-order chi connectivity index (χ1) is 9.22. The molecule has 0 bridgehead atoms. The van der Waals surface area contributed by atoms with E-state index in [2.05, 4.69) is 35.3 Å². The lowest BCUT2D eigenvalue weighted by atomic mass is 9.96. The molecule has 0 atom stereocenters. The predicted molar refractivity (Wildman–Crippen MR) is 81.9 cm³/mol. The average molecular weight is 248 g/mol. The Bertz CT molecular complexity index is 742. The molecule has 5 heteroatoms. The summed E-state index contributed by atoms with van der Waals surface area (Å²) in [5, 5.41) is 4.23. The van der Waals surface area contributed by atoms with Crippen LogP contribution in [-0.2, 0) is 0 Å². The molecule has 0 amide bonds. The van der Waals surface area contributed by atoms with Crippen molar-refractivity contribution in [3.63, 3.8) is 0 Å². The molecule has 0 aliphatic rings. The summed E-state index contributed by atoms with van der Waals surface area (Å²) >= 11 is 0. The van der Waals surface area contributed by atoms with Crippen LogP contribution >= 0.6 is 0 Å². The SMILES string of the molecule is Bc1cccc(Nc2ncnc3ccc(N)cc23)c1. The molecule has 0 aliphatic carbocycles. The molecule has 0 fully saturated rings. The zero-order valence-corrected chi connectivity index (χ0v) is 10.6. The topological polar surface area (TPSA) is 63.8 Å². The second kappa shape index (κ2) is 4.61. The maximum Gasteiger partial charge on any atom is 0.141 e. The van der Waals surface area contributed by atoms with Crippen LogP contribution in [0.15, 0.2) is 48.8 Å². The van der Waals surface area contributed by atoms with E-state index >= 15 is 0 Å². The van der Waals surface area contributed by atoms with Gasteiger partial charge in [-0.05, 0) is 30.3 Å². The minimum atomic E-state index is 0.703. The molecule has 3 aromatic rings. The summed E-state index contributed by atoms with van der Waals surface area (Å²) in [7, 11) is 2.06. The minimum Gasteiger partial charge on any atom is -0.399 e. The Morgan fingerprint density at radius 1 is 1.05 bits per heavy atom. The van der Waals surface area contributed by atoms with E-state index in [1.54, 1.807) is 6.33 Å². The van der Waals surface area contributed by atoms with Gasteiger partial charge in [-0.15, -0.1) is 0 Å². The Morgan fingerprint density at radius 2 is 1.95 bits per heavy atom. The molecule has 0 aliphatic heterocycles. The van der Waals surface area contributed by atoms with Crippen LogP contribution in [0.25, 0.3) is 10.9 Å². The van der Waals surface area contributed by atoms with Crippen molar-refractivity contribution in [3.05, 3.63) is 48.8 Å². The molecule has 0 unspecified atom stereocenters. The number of nitrogens with two attached hydrogens (primary N) is 1. The number of aromatic nitrogens is 2. The van der Waals surface area contributed by atoms with Crippen molar-refractivity contribution in [2.24, 2.45) is 0 Å². The van der Waals surface area contributed by atoms with Crippen LogP contribution in [0.5, 0.6) is 0 Å². The van der Waals surface area contributed by atoms with Gasteiger partial charge in [0.2, 0.25) is 0 Å². The van der Waals surface area contributed by atoms with E-state index in [1.165, 1.54) is 5.46 Å². The predicted octanol–water partition coefficient (Wildman–Crippen LogP) is 1.21. The molecule has 4 nitrogen and oxygen atoms in total. The van der Waals surface area contributed by atoms with Crippen LogP contribution in [-0.4, -0.2) is 17.8 Å². The molecule has 0 spiro atoms. The second-order valence-electron chi connectivity index (χ2n) is 4.49. The van der Waals surface area contributed by atoms with Crippen LogP contribution in [0.4, 0.5) is 17.2 Å². The van der Waals surface area contributed by atoms with Gasteiger partial charge in [-0.3, -0.25) is 0 Å². The summed E-state index contributed by atoms with van der Waals surface area (Å²) in [6.45, 7) is 0. The largest absolute Gasteiger partial charge is 0.399 e. The Morgan fingerprint density at radius 3 is 2.79 bits per heavy atom. The normalized spacial score (nSPS) is 10.5. The second-order valence-corrected chi connectivity index (χ2v) is 4.49. The number of rotatable bonds is 2. The summed E-state index contributed by atoms with van der Waals surface area (Å²) in [6.07, 6.45) is 1.55. The van der Waals surface area contributed by atoms with E-state index in [-0.39, 0.29) is 0 Å². The molecular formula is C14H13BN4. The maximum absolute atomic E-state index is 5.83. The fraction of sp³-hybridized carbons (Fsp3) is 0. The highest BCUT2D eigenvalue weighted by Gasteiger charge is 2.04. The van der Waals surface area contributed by atoms with E-state index in [0.717, 1.165) is 22.4 Å². The van der Waals surface area contributed by atoms with E-state index in [1.807, 2.05) is 30.3 Å². The van der Waals surface area contributed by atoms with Gasteiger partial charge in [0.15, 0.2) is 0 Å². The van der Waals surface area contributed by atoms with Crippen molar-refractivity contribution >= 4 is 41.4 Å². The molecule has 1 aromatic heterocycles. The number of benzene rings is 2. The molecule has 0 saturated carbocycles. The molecule has 92 valence electrons. The van der Waals surface area contributed by atoms with Gasteiger partial charge in [0.05, 0.1) is 5.52 Å². The van der Waals surface area contributed by atoms with Crippen LogP contribution in [0.3, 0.4) is 0 Å². The van der Waals surface area contributed by atoms with Gasteiger partial charge >= 0.3 is 0 Å². The molecule has 3 N–H and O–H groups in total. The smallest absolute Gasteiger partial charge is 0.141 e. The monoisotopic (exact) mass is 248 g/mol. The molecule has 0 radical (unpaired) electrons. The first-order valence-corrected chi connectivity index (χ1v) is 6.06. The number of hydrogen-bond acceptors (Lipinski definition) is 4. The highest BCUT2D eigenvalue weighted by molar-refractivity contribution is 6.32. The van der Waals surface area contributed by atoms with Crippen molar-refractivity contribution in [1.29, 1.82) is 0 Å². The van der Waals surface area contributed by atoms with Gasteiger partial charge in [-0.1, -0.05) is 17.6 Å². The first kappa shape index (κ1) is 11.5. The van der Waals surface area contributed by atoms with Gasteiger partial charge in [-0.2, -0.15) is 0 Å². The fourth-order valence-corrected chi connectivity index (χ4v) is 2.03. The van der Waals surface area contributed by atoms with E-state index in [9.17, 15) is 0 Å². The van der Waals surface area contributed by atoms with Crippen molar-refractivity contribution < 1.29 is 0 Å². The van der Waals surface area contributed by atoms with E-state index < -0.39 is 0 Å². The lowest BCUT2D eigenvalue weighted by Gasteiger charge is -2.09. The van der Waals surface area contributed by atoms with Crippen LogP contribution in [0.1, 0.15) is 0 Å². The highest BCUT2D eigenvalue weighted by Crippen LogP contribution is 2.24. The summed E-state index contributed by atoms with van der Waals surface area (Å²) in [6, 6.07) is 13.8. The molecule has 1 heterocycles. The number of nitrogens with zero attached hydrogens (tertiary/aromatic N) is 2. The molecular weight excluding hydrogens is 235 g/mol. The van der Waals surface area contributed by atoms with E-state index in [4.69, 9.17) is 5.73 Å². The number of nitrogen functional groups attached to an aromatic ring is 1. The van der Waals surface area contributed by atoms with Crippen molar-refractivity contribution in [2.75, 3.05) is 11.1 Å². The average Bonchev–Trinajstić information content (AvgIpc) is 2.39. The third-order valence-corrected chi connectivity index (χ3v) is 2.94. The van der Waals surface area contributed by atoms with Gasteiger partial charge in [0, 0.05) is 16.8 Å². The zero-order valence-electron chi connectivity index (χ0n) is 10.6. The summed E-state index contributed by atoms with van der Waals surface area (Å²) in [4.78, 5) is 8.53. The van der Waals surface area contributed by atoms with Crippen LogP contribution in [0, 0.1) is 0 Å². The first-order valence-electron chi connectivity index (χ1n) is 6.06. The van der Waals surface area contributed by atoms with Gasteiger partial charge in [-0.25, -0.2) is 9.97 Å². The Balaban J connectivity index is 2.07.